The average Bonchev–Trinajstić information content (AvgIpc) is 2.72. The van der Waals surface area contributed by atoms with E-state index < -0.39 is 10.8 Å². The predicted octanol–water partition coefficient (Wildman–Crippen LogP) is 2.48. The van der Waals surface area contributed by atoms with Gasteiger partial charge < -0.3 is 14.8 Å². The number of carbonyl (C=O) groups is 2. The van der Waals surface area contributed by atoms with E-state index in [2.05, 4.69) is 15.8 Å². The van der Waals surface area contributed by atoms with Crippen molar-refractivity contribution >= 4 is 29.4 Å². The highest BCUT2D eigenvalue weighted by atomic mass is 16.6. The van der Waals surface area contributed by atoms with E-state index in [1.54, 1.807) is 24.3 Å². The van der Waals surface area contributed by atoms with Crippen LogP contribution in [0.3, 0.4) is 0 Å². The third kappa shape index (κ3) is 6.31. The molecule has 0 bridgehead atoms. The fourth-order valence-corrected chi connectivity index (χ4v) is 2.35. The van der Waals surface area contributed by atoms with Gasteiger partial charge in [0.25, 0.3) is 5.69 Å². The lowest BCUT2D eigenvalue weighted by atomic mass is 10.1. The van der Waals surface area contributed by atoms with Gasteiger partial charge in [0, 0.05) is 18.5 Å². The Labute approximate surface area is 166 Å². The third-order valence-corrected chi connectivity index (χ3v) is 3.76. The summed E-state index contributed by atoms with van der Waals surface area (Å²) in [6.45, 7) is 0. The summed E-state index contributed by atoms with van der Waals surface area (Å²) in [6, 6.07) is 11.4. The monoisotopic (exact) mass is 400 g/mol. The number of rotatable bonds is 9. The summed E-state index contributed by atoms with van der Waals surface area (Å²) >= 11 is 0. The van der Waals surface area contributed by atoms with E-state index in [1.165, 1.54) is 26.4 Å². The third-order valence-electron chi connectivity index (χ3n) is 3.76. The summed E-state index contributed by atoms with van der Waals surface area (Å²) in [4.78, 5) is 34.3. The molecule has 29 heavy (non-hydrogen) atoms. The molecule has 0 aliphatic carbocycles. The molecule has 0 fully saturated rings. The van der Waals surface area contributed by atoms with Crippen molar-refractivity contribution in [2.45, 2.75) is 12.8 Å². The number of benzene rings is 2. The smallest absolute Gasteiger partial charge is 0.282 e. The van der Waals surface area contributed by atoms with Crippen molar-refractivity contribution in [3.05, 3.63) is 58.1 Å². The van der Waals surface area contributed by atoms with Gasteiger partial charge in [0.05, 0.1) is 37.0 Å². The molecule has 10 heteroatoms. The van der Waals surface area contributed by atoms with Crippen LogP contribution in [0.1, 0.15) is 18.4 Å². The highest BCUT2D eigenvalue weighted by molar-refractivity contribution is 5.93. The highest BCUT2D eigenvalue weighted by Crippen LogP contribution is 2.33. The second-order valence-electron chi connectivity index (χ2n) is 5.73. The van der Waals surface area contributed by atoms with Crippen LogP contribution in [0.25, 0.3) is 0 Å². The Morgan fingerprint density at radius 1 is 1.07 bits per heavy atom. The lowest BCUT2D eigenvalue weighted by Crippen LogP contribution is -2.20. The number of nitro groups is 1. The topological polar surface area (TPSA) is 132 Å². The van der Waals surface area contributed by atoms with Gasteiger partial charge in [0.15, 0.2) is 11.5 Å². The number of methoxy groups -OCH3 is 2. The first-order valence-corrected chi connectivity index (χ1v) is 8.51. The molecule has 2 rings (SSSR count). The molecule has 152 valence electrons. The van der Waals surface area contributed by atoms with E-state index in [0.29, 0.717) is 5.69 Å². The molecule has 0 aliphatic rings. The van der Waals surface area contributed by atoms with Crippen molar-refractivity contribution in [2.24, 2.45) is 5.10 Å². The zero-order valence-electron chi connectivity index (χ0n) is 15.9. The zero-order valence-corrected chi connectivity index (χ0v) is 15.9. The van der Waals surface area contributed by atoms with Gasteiger partial charge in [0.2, 0.25) is 11.8 Å². The normalized spacial score (nSPS) is 10.4. The largest absolute Gasteiger partial charge is 0.493 e. The van der Waals surface area contributed by atoms with Crippen molar-refractivity contribution in [3.63, 3.8) is 0 Å². The van der Waals surface area contributed by atoms with Crippen LogP contribution < -0.4 is 20.2 Å². The molecule has 0 heterocycles. The molecular weight excluding hydrogens is 380 g/mol. The van der Waals surface area contributed by atoms with E-state index in [9.17, 15) is 19.7 Å². The Kier molecular flexibility index (Phi) is 7.66. The quantitative estimate of drug-likeness (QED) is 0.377. The average molecular weight is 400 g/mol. The van der Waals surface area contributed by atoms with Gasteiger partial charge in [-0.1, -0.05) is 18.2 Å². The lowest BCUT2D eigenvalue weighted by molar-refractivity contribution is -0.385. The fraction of sp³-hybridized carbons (Fsp3) is 0.211. The standard InChI is InChI=1S/C19H20N4O6/c1-28-16-10-13(15(23(26)27)11-17(16)29-2)12-20-22-19(25)9-8-18(24)21-14-6-4-3-5-7-14/h3-7,10-12H,8-9H2,1-2H3,(H,21,24)(H,22,25)/b20-12+. The van der Waals surface area contributed by atoms with E-state index >= 15 is 0 Å². The summed E-state index contributed by atoms with van der Waals surface area (Å²) < 4.78 is 10.2. The lowest BCUT2D eigenvalue weighted by Gasteiger charge is -2.08. The number of nitrogens with zero attached hydrogens (tertiary/aromatic N) is 2. The maximum absolute atomic E-state index is 11.8. The maximum Gasteiger partial charge on any atom is 0.282 e. The number of hydrogen-bond donors (Lipinski definition) is 2. The van der Waals surface area contributed by atoms with Crippen LogP contribution in [0.15, 0.2) is 47.6 Å². The number of carbonyl (C=O) groups excluding carboxylic acids is 2. The molecule has 2 aromatic carbocycles. The van der Waals surface area contributed by atoms with Gasteiger partial charge in [-0.05, 0) is 18.2 Å². The number of ether oxygens (including phenoxy) is 2. The number of hydrazone groups is 1. The molecule has 2 N–H and O–H groups in total. The molecule has 0 saturated carbocycles. The summed E-state index contributed by atoms with van der Waals surface area (Å²) in [5.74, 6) is -0.341. The second-order valence-corrected chi connectivity index (χ2v) is 5.73. The van der Waals surface area contributed by atoms with E-state index in [1.807, 2.05) is 6.07 Å². The van der Waals surface area contributed by atoms with E-state index in [-0.39, 0.29) is 41.5 Å². The van der Waals surface area contributed by atoms with Crippen LogP contribution >= 0.6 is 0 Å². The van der Waals surface area contributed by atoms with Gasteiger partial charge >= 0.3 is 0 Å². The molecular formula is C19H20N4O6. The van der Waals surface area contributed by atoms with Gasteiger partial charge in [0.1, 0.15) is 0 Å². The number of anilines is 1. The Balaban J connectivity index is 1.94. The molecule has 0 atom stereocenters. The fourth-order valence-electron chi connectivity index (χ4n) is 2.35. The van der Waals surface area contributed by atoms with Crippen LogP contribution in [0.5, 0.6) is 11.5 Å². The Bertz CT molecular complexity index is 914. The van der Waals surface area contributed by atoms with E-state index in [0.717, 1.165) is 6.21 Å². The minimum atomic E-state index is -0.598. The van der Waals surface area contributed by atoms with Crippen molar-refractivity contribution in [2.75, 3.05) is 19.5 Å². The number of para-hydroxylation sites is 1. The number of nitro benzene ring substituents is 1. The Morgan fingerprint density at radius 3 is 2.31 bits per heavy atom. The molecule has 10 nitrogen and oxygen atoms in total. The molecule has 0 aliphatic heterocycles. The van der Waals surface area contributed by atoms with Crippen LogP contribution in [-0.2, 0) is 9.59 Å². The second kappa shape index (κ2) is 10.4. The number of amides is 2. The minimum Gasteiger partial charge on any atom is -0.493 e. The van der Waals surface area contributed by atoms with Crippen LogP contribution in [-0.4, -0.2) is 37.2 Å². The molecule has 0 unspecified atom stereocenters. The van der Waals surface area contributed by atoms with Gasteiger partial charge in [-0.25, -0.2) is 5.43 Å². The molecule has 0 radical (unpaired) electrons. The molecule has 0 saturated heterocycles. The predicted molar refractivity (Wildman–Crippen MR) is 106 cm³/mol. The number of hydrogen-bond acceptors (Lipinski definition) is 7. The molecule has 2 amide bonds. The van der Waals surface area contributed by atoms with Crippen LogP contribution in [0, 0.1) is 10.1 Å². The minimum absolute atomic E-state index is 0.0350. The maximum atomic E-state index is 11.8. The Morgan fingerprint density at radius 2 is 1.69 bits per heavy atom. The van der Waals surface area contributed by atoms with Crippen molar-refractivity contribution < 1.29 is 24.0 Å². The summed E-state index contributed by atoms with van der Waals surface area (Å²) in [5, 5.41) is 17.6. The van der Waals surface area contributed by atoms with Gasteiger partial charge in [-0.3, -0.25) is 19.7 Å². The highest BCUT2D eigenvalue weighted by Gasteiger charge is 2.18. The Hall–Kier alpha value is -3.95. The first-order chi connectivity index (χ1) is 13.9. The zero-order chi connectivity index (χ0) is 21.2. The van der Waals surface area contributed by atoms with Crippen molar-refractivity contribution in [1.82, 2.24) is 5.43 Å². The first-order valence-electron chi connectivity index (χ1n) is 8.51. The van der Waals surface area contributed by atoms with E-state index in [4.69, 9.17) is 9.47 Å². The SMILES string of the molecule is COc1cc(/C=N/NC(=O)CCC(=O)Nc2ccccc2)c([N+](=O)[O-])cc1OC. The van der Waals surface area contributed by atoms with Gasteiger partial charge in [-0.2, -0.15) is 5.10 Å². The van der Waals surface area contributed by atoms with Crippen LogP contribution in [0.2, 0.25) is 0 Å². The molecule has 2 aromatic rings. The summed E-state index contributed by atoms with van der Waals surface area (Å²) in [7, 11) is 2.76. The summed E-state index contributed by atoms with van der Waals surface area (Å²) in [5.41, 5.74) is 2.73. The number of nitrogens with one attached hydrogen (secondary N) is 2. The van der Waals surface area contributed by atoms with Crippen LogP contribution in [0.4, 0.5) is 11.4 Å². The summed E-state index contributed by atoms with van der Waals surface area (Å²) in [6.07, 6.45) is 0.999. The van der Waals surface area contributed by atoms with Crippen molar-refractivity contribution in [3.8, 4) is 11.5 Å². The molecule has 0 aromatic heterocycles. The van der Waals surface area contributed by atoms with Gasteiger partial charge in [-0.15, -0.1) is 0 Å². The molecule has 0 spiro atoms. The first kappa shape index (κ1) is 21.4. The van der Waals surface area contributed by atoms with Crippen molar-refractivity contribution in [1.29, 1.82) is 0 Å².